The van der Waals surface area contributed by atoms with E-state index in [9.17, 15) is 9.18 Å². The number of pyridine rings is 1. The van der Waals surface area contributed by atoms with Crippen LogP contribution in [0.15, 0.2) is 70.5 Å². The van der Waals surface area contributed by atoms with Gasteiger partial charge in [0.2, 0.25) is 0 Å². The second-order valence-corrected chi connectivity index (χ2v) is 8.98. The number of nitrogens with one attached hydrogen (secondary N) is 2. The molecule has 1 heterocycles. The molecule has 0 aliphatic heterocycles. The standard InChI is InChI=1S/C25H28FN3O3S/c1-16(2)12-22(25(30)32-4)28-24-15-21(33-20-10-8-19(31-3)9-11-20)14-23(29-24)27-18-7-5-6-17(26)13-18/h5-11,13-16,22H,12H2,1-4H3,(H2,27,28,29)/t22-/m0/s1. The number of hydrogen-bond donors (Lipinski definition) is 2. The van der Waals surface area contributed by atoms with E-state index >= 15 is 0 Å². The van der Waals surface area contributed by atoms with E-state index in [1.54, 1.807) is 19.2 Å². The van der Waals surface area contributed by atoms with Gasteiger partial charge >= 0.3 is 5.97 Å². The highest BCUT2D eigenvalue weighted by Crippen LogP contribution is 2.33. The van der Waals surface area contributed by atoms with Crippen LogP contribution >= 0.6 is 11.8 Å². The maximum absolute atomic E-state index is 13.7. The summed E-state index contributed by atoms with van der Waals surface area (Å²) in [4.78, 5) is 18.8. The number of ether oxygens (including phenoxy) is 2. The molecule has 0 amide bonds. The molecule has 0 unspecified atom stereocenters. The lowest BCUT2D eigenvalue weighted by Crippen LogP contribution is -2.32. The molecule has 174 valence electrons. The highest BCUT2D eigenvalue weighted by molar-refractivity contribution is 7.99. The summed E-state index contributed by atoms with van der Waals surface area (Å²) >= 11 is 1.54. The summed E-state index contributed by atoms with van der Waals surface area (Å²) < 4.78 is 23.9. The Hall–Kier alpha value is -3.26. The van der Waals surface area contributed by atoms with Crippen LogP contribution in [-0.4, -0.2) is 31.2 Å². The monoisotopic (exact) mass is 469 g/mol. The minimum atomic E-state index is -0.536. The van der Waals surface area contributed by atoms with Gasteiger partial charge in [0.15, 0.2) is 0 Å². The van der Waals surface area contributed by atoms with E-state index in [1.165, 1.54) is 31.0 Å². The van der Waals surface area contributed by atoms with Gasteiger partial charge in [0, 0.05) is 15.5 Å². The van der Waals surface area contributed by atoms with Crippen molar-refractivity contribution in [1.29, 1.82) is 0 Å². The predicted octanol–water partition coefficient (Wildman–Crippen LogP) is 6.12. The number of anilines is 3. The van der Waals surface area contributed by atoms with Gasteiger partial charge in [-0.2, -0.15) is 0 Å². The molecule has 33 heavy (non-hydrogen) atoms. The van der Waals surface area contributed by atoms with E-state index in [2.05, 4.69) is 15.6 Å². The summed E-state index contributed by atoms with van der Waals surface area (Å²) in [5.74, 6) is 1.41. The summed E-state index contributed by atoms with van der Waals surface area (Å²) in [5.41, 5.74) is 0.576. The molecule has 0 aliphatic rings. The SMILES string of the molecule is COC(=O)[C@H](CC(C)C)Nc1cc(Sc2ccc(OC)cc2)cc(Nc2cccc(F)c2)n1. The number of carbonyl (C=O) groups excluding carboxylic acids is 1. The maximum atomic E-state index is 13.7. The average molecular weight is 470 g/mol. The molecule has 3 rings (SSSR count). The molecule has 1 atom stereocenters. The number of halogens is 1. The van der Waals surface area contributed by atoms with Crippen LogP contribution in [0.3, 0.4) is 0 Å². The van der Waals surface area contributed by atoms with Gasteiger partial charge in [0.05, 0.1) is 14.2 Å². The Labute approximate surface area is 197 Å². The fourth-order valence-electron chi connectivity index (χ4n) is 3.20. The second-order valence-electron chi connectivity index (χ2n) is 7.84. The van der Waals surface area contributed by atoms with Crippen molar-refractivity contribution in [3.8, 4) is 5.75 Å². The van der Waals surface area contributed by atoms with Gasteiger partial charge in [-0.15, -0.1) is 0 Å². The van der Waals surface area contributed by atoms with Crippen LogP contribution in [0.25, 0.3) is 0 Å². The minimum Gasteiger partial charge on any atom is -0.497 e. The Bertz CT molecular complexity index is 1080. The molecular weight excluding hydrogens is 441 g/mol. The van der Waals surface area contributed by atoms with Crippen molar-refractivity contribution in [3.63, 3.8) is 0 Å². The summed E-state index contributed by atoms with van der Waals surface area (Å²) in [6, 6.07) is 17.1. The molecular formula is C25H28FN3O3S. The largest absolute Gasteiger partial charge is 0.497 e. The van der Waals surface area contributed by atoms with E-state index in [-0.39, 0.29) is 17.7 Å². The summed E-state index contributed by atoms with van der Waals surface area (Å²) in [6.45, 7) is 4.08. The number of aromatic nitrogens is 1. The van der Waals surface area contributed by atoms with Crippen molar-refractivity contribution < 1.29 is 18.7 Å². The molecule has 0 aliphatic carbocycles. The first kappa shape index (κ1) is 24.4. The third-order valence-electron chi connectivity index (χ3n) is 4.71. The number of esters is 1. The lowest BCUT2D eigenvalue weighted by atomic mass is 10.0. The minimum absolute atomic E-state index is 0.281. The molecule has 0 fully saturated rings. The molecule has 1 aromatic heterocycles. The van der Waals surface area contributed by atoms with E-state index in [0.717, 1.165) is 15.5 Å². The van der Waals surface area contributed by atoms with Gasteiger partial charge in [-0.25, -0.2) is 14.2 Å². The van der Waals surface area contributed by atoms with Crippen molar-refractivity contribution >= 4 is 35.1 Å². The third-order valence-corrected chi connectivity index (χ3v) is 5.69. The Morgan fingerprint density at radius 3 is 2.39 bits per heavy atom. The van der Waals surface area contributed by atoms with Gasteiger partial charge in [0.25, 0.3) is 0 Å². The lowest BCUT2D eigenvalue weighted by molar-refractivity contribution is -0.141. The molecule has 0 bridgehead atoms. The zero-order chi connectivity index (χ0) is 23.8. The first-order valence-corrected chi connectivity index (χ1v) is 11.4. The van der Waals surface area contributed by atoms with Gasteiger partial charge in [-0.1, -0.05) is 31.7 Å². The molecule has 8 heteroatoms. The zero-order valence-corrected chi connectivity index (χ0v) is 19.9. The number of benzene rings is 2. The maximum Gasteiger partial charge on any atom is 0.328 e. The quantitative estimate of drug-likeness (QED) is 0.346. The fourth-order valence-corrected chi connectivity index (χ4v) is 4.09. The molecule has 0 saturated carbocycles. The Morgan fingerprint density at radius 2 is 1.76 bits per heavy atom. The summed E-state index contributed by atoms with van der Waals surface area (Å²) in [7, 11) is 3.00. The van der Waals surface area contributed by atoms with Crippen molar-refractivity contribution in [3.05, 3.63) is 66.5 Å². The third kappa shape index (κ3) is 7.39. The molecule has 0 saturated heterocycles. The van der Waals surface area contributed by atoms with Gasteiger partial charge in [-0.05, 0) is 66.9 Å². The van der Waals surface area contributed by atoms with E-state index in [1.807, 2.05) is 50.2 Å². The van der Waals surface area contributed by atoms with Crippen molar-refractivity contribution in [2.45, 2.75) is 36.1 Å². The fraction of sp³-hybridized carbons (Fsp3) is 0.280. The van der Waals surface area contributed by atoms with Crippen LogP contribution in [0.5, 0.6) is 5.75 Å². The van der Waals surface area contributed by atoms with Crippen molar-refractivity contribution in [1.82, 2.24) is 4.98 Å². The molecule has 0 radical (unpaired) electrons. The number of nitrogens with zero attached hydrogens (tertiary/aromatic N) is 1. The Morgan fingerprint density at radius 1 is 1.03 bits per heavy atom. The van der Waals surface area contributed by atoms with Crippen LogP contribution in [0.2, 0.25) is 0 Å². The predicted molar refractivity (Wildman–Crippen MR) is 130 cm³/mol. The Balaban J connectivity index is 1.92. The number of methoxy groups -OCH3 is 2. The van der Waals surface area contributed by atoms with E-state index < -0.39 is 6.04 Å². The summed E-state index contributed by atoms with van der Waals surface area (Å²) in [6.07, 6.45) is 0.594. The number of hydrogen-bond acceptors (Lipinski definition) is 7. The van der Waals surface area contributed by atoms with Crippen molar-refractivity contribution in [2.24, 2.45) is 5.92 Å². The second kappa shape index (κ2) is 11.6. The van der Waals surface area contributed by atoms with Crippen LogP contribution in [0.4, 0.5) is 21.7 Å². The van der Waals surface area contributed by atoms with Crippen LogP contribution in [0.1, 0.15) is 20.3 Å². The number of carbonyl (C=O) groups is 1. The topological polar surface area (TPSA) is 72.5 Å². The van der Waals surface area contributed by atoms with Gasteiger partial charge in [-0.3, -0.25) is 0 Å². The van der Waals surface area contributed by atoms with Gasteiger partial charge < -0.3 is 20.1 Å². The van der Waals surface area contributed by atoms with Gasteiger partial charge in [0.1, 0.15) is 29.2 Å². The zero-order valence-electron chi connectivity index (χ0n) is 19.1. The Kier molecular flexibility index (Phi) is 8.54. The normalized spacial score (nSPS) is 11.7. The van der Waals surface area contributed by atoms with Crippen molar-refractivity contribution in [2.75, 3.05) is 24.9 Å². The number of rotatable bonds is 10. The molecule has 2 aromatic carbocycles. The van der Waals surface area contributed by atoms with Crippen LogP contribution in [-0.2, 0) is 9.53 Å². The molecule has 3 aromatic rings. The molecule has 6 nitrogen and oxygen atoms in total. The lowest BCUT2D eigenvalue weighted by Gasteiger charge is -2.20. The molecule has 0 spiro atoms. The van der Waals surface area contributed by atoms with Crippen LogP contribution < -0.4 is 15.4 Å². The highest BCUT2D eigenvalue weighted by Gasteiger charge is 2.21. The summed E-state index contributed by atoms with van der Waals surface area (Å²) in [5, 5.41) is 6.36. The molecule has 2 N–H and O–H groups in total. The van der Waals surface area contributed by atoms with Crippen LogP contribution in [0, 0.1) is 11.7 Å². The smallest absolute Gasteiger partial charge is 0.328 e. The van der Waals surface area contributed by atoms with E-state index in [0.29, 0.717) is 23.7 Å². The highest BCUT2D eigenvalue weighted by atomic mass is 32.2. The average Bonchev–Trinajstić information content (AvgIpc) is 2.78. The van der Waals surface area contributed by atoms with E-state index in [4.69, 9.17) is 9.47 Å². The first-order chi connectivity index (χ1) is 15.9. The first-order valence-electron chi connectivity index (χ1n) is 10.6.